The van der Waals surface area contributed by atoms with Crippen LogP contribution in [0.1, 0.15) is 98.8 Å². The first-order valence-corrected chi connectivity index (χ1v) is 15.0. The second-order valence-corrected chi connectivity index (χ2v) is 14.2. The Bertz CT molecular complexity index is 1050. The van der Waals surface area contributed by atoms with Gasteiger partial charge < -0.3 is 30.3 Å². The van der Waals surface area contributed by atoms with E-state index >= 15 is 0 Å². The van der Waals surface area contributed by atoms with E-state index in [4.69, 9.17) is 9.84 Å². The Kier molecular flexibility index (Phi) is 8.40. The van der Waals surface area contributed by atoms with Gasteiger partial charge in [-0.2, -0.15) is 0 Å². The van der Waals surface area contributed by atoms with E-state index in [0.29, 0.717) is 50.0 Å². The van der Waals surface area contributed by atoms with Crippen LogP contribution < -0.4 is 0 Å². The number of carboxylic acid groups (broad SMARTS) is 1. The third kappa shape index (κ3) is 5.05. The molecule has 4 aliphatic carbocycles. The van der Waals surface area contributed by atoms with Gasteiger partial charge in [0.1, 0.15) is 11.7 Å². The van der Waals surface area contributed by atoms with Crippen molar-refractivity contribution in [1.29, 1.82) is 0 Å². The molecule has 9 nitrogen and oxygen atoms in total. The molecule has 5 N–H and O–H groups in total. The van der Waals surface area contributed by atoms with Gasteiger partial charge in [-0.05, 0) is 93.1 Å². The van der Waals surface area contributed by atoms with Gasteiger partial charge in [0.2, 0.25) is 0 Å². The van der Waals surface area contributed by atoms with Crippen molar-refractivity contribution in [3.63, 3.8) is 0 Å². The zero-order valence-corrected chi connectivity index (χ0v) is 24.6. The lowest BCUT2D eigenvalue weighted by Gasteiger charge is -2.60. The number of fused-ring (bicyclic) bond motifs is 5. The molecule has 0 amide bonds. The van der Waals surface area contributed by atoms with E-state index in [9.17, 15) is 34.8 Å². The minimum absolute atomic E-state index is 0.130. The van der Waals surface area contributed by atoms with Crippen LogP contribution in [0.5, 0.6) is 0 Å². The highest BCUT2D eigenvalue weighted by Crippen LogP contribution is 2.68. The Labute approximate surface area is 237 Å². The third-order valence-electron chi connectivity index (χ3n) is 11.3. The Balaban J connectivity index is 1.65. The summed E-state index contributed by atoms with van der Waals surface area (Å²) in [5, 5.41) is 54.4. The summed E-state index contributed by atoms with van der Waals surface area (Å²) >= 11 is 0. The van der Waals surface area contributed by atoms with Gasteiger partial charge in [-0.25, -0.2) is 0 Å². The molecule has 0 aromatic rings. The van der Waals surface area contributed by atoms with Crippen molar-refractivity contribution in [2.24, 2.45) is 34.5 Å². The van der Waals surface area contributed by atoms with E-state index in [1.165, 1.54) is 0 Å². The maximum Gasteiger partial charge on any atom is 0.306 e. The number of aliphatic carboxylic acids is 1. The summed E-state index contributed by atoms with van der Waals surface area (Å²) in [6.07, 6.45) is 1.82. The van der Waals surface area contributed by atoms with E-state index < -0.39 is 64.1 Å². The SMILES string of the molecule is CC(C)CC[C@@H](OC(=O)CCC(=O)O)[C@](C)(O)[C@H]1CC[C@@]2(O)C3=CC(=O)[C@@H]4C[C@@H](O)[C@@H](O)C[C@]4(C)C3CC[C@]12C. The fraction of sp³-hybridized carbons (Fsp3) is 0.839. The van der Waals surface area contributed by atoms with E-state index in [-0.39, 0.29) is 37.4 Å². The standard InChI is InChI=1S/C31H48O9/c1-17(2)6-7-25(40-27(37)9-8-26(35)36)30(5,38)24-11-13-31(39)19-14-21(32)20-15-22(33)23(34)16-28(20,3)18(19)10-12-29(24,31)4/h14,17-18,20,22-25,33-34,38-39H,6-13,15-16H2,1-5H3,(H,35,36)/t18?,20-,22+,23-,24-,25+,28+,29+,30+,31+/m0/s1. The highest BCUT2D eigenvalue weighted by atomic mass is 16.6. The molecule has 4 rings (SSSR count). The largest absolute Gasteiger partial charge is 0.481 e. The molecule has 9 heteroatoms. The highest BCUT2D eigenvalue weighted by Gasteiger charge is 2.69. The monoisotopic (exact) mass is 564 g/mol. The Morgan fingerprint density at radius 3 is 2.38 bits per heavy atom. The van der Waals surface area contributed by atoms with E-state index in [1.807, 2.05) is 27.7 Å². The van der Waals surface area contributed by atoms with Crippen LogP contribution in [-0.4, -0.2) is 72.8 Å². The smallest absolute Gasteiger partial charge is 0.306 e. The van der Waals surface area contributed by atoms with Crippen LogP contribution in [0.25, 0.3) is 0 Å². The number of aliphatic hydroxyl groups excluding tert-OH is 2. The van der Waals surface area contributed by atoms with E-state index in [2.05, 4.69) is 0 Å². The number of rotatable bonds is 9. The molecule has 0 aromatic carbocycles. The molecule has 0 bridgehead atoms. The topological polar surface area (TPSA) is 162 Å². The molecule has 0 spiro atoms. The van der Waals surface area contributed by atoms with Crippen LogP contribution in [0.4, 0.5) is 0 Å². The number of allylic oxidation sites excluding steroid dienone is 1. The summed E-state index contributed by atoms with van der Waals surface area (Å²) in [6.45, 7) is 9.69. The van der Waals surface area contributed by atoms with Crippen LogP contribution in [0, 0.1) is 34.5 Å². The van der Waals surface area contributed by atoms with Crippen molar-refractivity contribution in [2.45, 2.75) is 128 Å². The summed E-state index contributed by atoms with van der Waals surface area (Å²) in [5.74, 6) is -2.61. The molecule has 3 saturated carbocycles. The van der Waals surface area contributed by atoms with Gasteiger partial charge in [0.25, 0.3) is 0 Å². The number of carbonyl (C=O) groups excluding carboxylic acids is 2. The fourth-order valence-corrected chi connectivity index (χ4v) is 8.91. The first kappa shape index (κ1) is 31.1. The normalized spacial score (nSPS) is 41.3. The number of carbonyl (C=O) groups is 3. The Hall–Kier alpha value is -1.81. The molecule has 0 radical (unpaired) electrons. The van der Waals surface area contributed by atoms with Crippen LogP contribution in [0.3, 0.4) is 0 Å². The molecule has 4 aliphatic rings. The minimum atomic E-state index is -1.50. The maximum atomic E-state index is 13.4. The summed E-state index contributed by atoms with van der Waals surface area (Å²) < 4.78 is 5.76. The quantitative estimate of drug-likeness (QED) is 0.265. The van der Waals surface area contributed by atoms with Gasteiger partial charge in [-0.3, -0.25) is 14.4 Å². The average molecular weight is 565 g/mol. The second kappa shape index (κ2) is 10.8. The van der Waals surface area contributed by atoms with Crippen LogP contribution in [0.15, 0.2) is 11.6 Å². The summed E-state index contributed by atoms with van der Waals surface area (Å²) in [6, 6.07) is 0. The van der Waals surface area contributed by atoms with Crippen molar-refractivity contribution < 1.29 is 44.7 Å². The molecule has 10 atom stereocenters. The van der Waals surface area contributed by atoms with Gasteiger partial charge in [0.15, 0.2) is 5.78 Å². The number of hydrogen-bond donors (Lipinski definition) is 5. The van der Waals surface area contributed by atoms with E-state index in [0.717, 1.165) is 0 Å². The van der Waals surface area contributed by atoms with Crippen molar-refractivity contribution in [3.8, 4) is 0 Å². The molecular weight excluding hydrogens is 516 g/mol. The number of carboxylic acids is 1. The lowest BCUT2D eigenvalue weighted by molar-refractivity contribution is -0.193. The summed E-state index contributed by atoms with van der Waals surface area (Å²) in [7, 11) is 0. The molecule has 1 unspecified atom stereocenters. The third-order valence-corrected chi connectivity index (χ3v) is 11.3. The number of esters is 1. The van der Waals surface area contributed by atoms with Crippen LogP contribution >= 0.6 is 0 Å². The number of ketones is 1. The fourth-order valence-electron chi connectivity index (χ4n) is 8.91. The molecule has 0 aliphatic heterocycles. The number of aliphatic hydroxyl groups is 4. The van der Waals surface area contributed by atoms with Gasteiger partial charge in [-0.1, -0.05) is 27.7 Å². The molecule has 0 saturated heterocycles. The molecule has 0 heterocycles. The number of ether oxygens (including phenoxy) is 1. The zero-order chi connectivity index (χ0) is 29.8. The predicted octanol–water partition coefficient (Wildman–Crippen LogP) is 3.15. The van der Waals surface area contributed by atoms with Crippen molar-refractivity contribution in [2.75, 3.05) is 0 Å². The van der Waals surface area contributed by atoms with Crippen LogP contribution in [0.2, 0.25) is 0 Å². The Morgan fingerprint density at radius 2 is 1.75 bits per heavy atom. The lowest BCUT2D eigenvalue weighted by Crippen LogP contribution is -2.63. The second-order valence-electron chi connectivity index (χ2n) is 14.2. The molecule has 0 aromatic heterocycles. The van der Waals surface area contributed by atoms with Crippen molar-refractivity contribution in [1.82, 2.24) is 0 Å². The maximum absolute atomic E-state index is 13.4. The predicted molar refractivity (Wildman–Crippen MR) is 146 cm³/mol. The summed E-state index contributed by atoms with van der Waals surface area (Å²) in [4.78, 5) is 37.0. The Morgan fingerprint density at radius 1 is 1.07 bits per heavy atom. The van der Waals surface area contributed by atoms with Gasteiger partial charge in [0, 0.05) is 11.3 Å². The molecular formula is C31H48O9. The van der Waals surface area contributed by atoms with Crippen molar-refractivity contribution in [3.05, 3.63) is 11.6 Å². The average Bonchev–Trinajstić information content (AvgIpc) is 3.14. The highest BCUT2D eigenvalue weighted by molar-refractivity contribution is 5.95. The zero-order valence-electron chi connectivity index (χ0n) is 24.6. The van der Waals surface area contributed by atoms with E-state index in [1.54, 1.807) is 13.0 Å². The summed E-state index contributed by atoms with van der Waals surface area (Å²) in [5.41, 5.74) is -3.58. The van der Waals surface area contributed by atoms with Crippen molar-refractivity contribution >= 4 is 17.7 Å². The molecule has 226 valence electrons. The minimum Gasteiger partial charge on any atom is -0.481 e. The molecule has 40 heavy (non-hydrogen) atoms. The first-order chi connectivity index (χ1) is 18.5. The van der Waals surface area contributed by atoms with Gasteiger partial charge in [-0.15, -0.1) is 0 Å². The van der Waals surface area contributed by atoms with Gasteiger partial charge in [0.05, 0.1) is 30.7 Å². The molecule has 3 fully saturated rings. The number of hydrogen-bond acceptors (Lipinski definition) is 8. The lowest BCUT2D eigenvalue weighted by atomic mass is 9.45. The van der Waals surface area contributed by atoms with Crippen LogP contribution in [-0.2, 0) is 19.1 Å². The first-order valence-electron chi connectivity index (χ1n) is 15.0. The van der Waals surface area contributed by atoms with Gasteiger partial charge >= 0.3 is 11.9 Å².